The lowest BCUT2D eigenvalue weighted by Gasteiger charge is -2.27. The monoisotopic (exact) mass is 187 g/mol. The Kier molecular flexibility index (Phi) is 4.40. The Balaban J connectivity index is 4.09. The average Bonchev–Trinajstić information content (AvgIpc) is 1.99. The Labute approximate surface area is 80.3 Å². The molecule has 0 saturated heterocycles. The van der Waals surface area contributed by atoms with Crippen LogP contribution in [0.2, 0.25) is 0 Å². The van der Waals surface area contributed by atoms with Crippen molar-refractivity contribution < 1.29 is 9.90 Å². The molecule has 0 amide bonds. The molecule has 0 aromatic carbocycles. The molecule has 0 aliphatic carbocycles. The number of nitrogens with two attached hydrogens (primary N) is 1. The van der Waals surface area contributed by atoms with E-state index in [1.807, 2.05) is 6.92 Å². The van der Waals surface area contributed by atoms with E-state index >= 15 is 0 Å². The van der Waals surface area contributed by atoms with E-state index in [0.717, 1.165) is 12.8 Å². The van der Waals surface area contributed by atoms with E-state index in [9.17, 15) is 4.79 Å². The highest BCUT2D eigenvalue weighted by Crippen LogP contribution is 2.21. The minimum absolute atomic E-state index is 0.0207. The first-order valence-electron chi connectivity index (χ1n) is 4.80. The van der Waals surface area contributed by atoms with Crippen LogP contribution in [-0.2, 0) is 4.79 Å². The molecule has 0 aromatic rings. The first-order valence-corrected chi connectivity index (χ1v) is 4.80. The Morgan fingerprint density at radius 1 is 1.38 bits per heavy atom. The highest BCUT2D eigenvalue weighted by molar-refractivity contribution is 5.78. The number of carboxylic acid groups (broad SMARTS) is 1. The maximum absolute atomic E-state index is 10.8. The number of carbonyl (C=O) groups is 1. The lowest BCUT2D eigenvalue weighted by Crippen LogP contribution is -2.50. The van der Waals surface area contributed by atoms with Crippen LogP contribution in [0.5, 0.6) is 0 Å². The van der Waals surface area contributed by atoms with Gasteiger partial charge in [0.25, 0.3) is 0 Å². The molecule has 3 N–H and O–H groups in total. The van der Waals surface area contributed by atoms with Crippen LogP contribution in [-0.4, -0.2) is 16.6 Å². The fourth-order valence-electron chi connectivity index (χ4n) is 1.09. The minimum atomic E-state index is -1.09. The van der Waals surface area contributed by atoms with Crippen LogP contribution < -0.4 is 5.73 Å². The summed E-state index contributed by atoms with van der Waals surface area (Å²) in [6.07, 6.45) is 1.90. The third-order valence-electron chi connectivity index (χ3n) is 2.66. The zero-order valence-electron chi connectivity index (χ0n) is 9.00. The van der Waals surface area contributed by atoms with Gasteiger partial charge in [0.1, 0.15) is 5.54 Å². The van der Waals surface area contributed by atoms with E-state index in [1.54, 1.807) is 6.92 Å². The van der Waals surface area contributed by atoms with Gasteiger partial charge in [0.05, 0.1) is 0 Å². The summed E-state index contributed by atoms with van der Waals surface area (Å²) in [7, 11) is 0. The highest BCUT2D eigenvalue weighted by atomic mass is 16.4. The molecule has 2 atom stereocenters. The fraction of sp³-hybridized carbons (Fsp3) is 0.900. The molecule has 0 saturated carbocycles. The molecule has 0 rings (SSSR count). The second-order valence-corrected chi connectivity index (χ2v) is 4.46. The molecule has 78 valence electrons. The SMILES string of the molecule is CC(C)CCC(C)C(C)(N)C(=O)O. The largest absolute Gasteiger partial charge is 0.480 e. The molecular weight excluding hydrogens is 166 g/mol. The van der Waals surface area contributed by atoms with Gasteiger partial charge in [-0.1, -0.05) is 27.2 Å². The van der Waals surface area contributed by atoms with Gasteiger partial charge in [0, 0.05) is 0 Å². The van der Waals surface area contributed by atoms with Crippen molar-refractivity contribution in [2.24, 2.45) is 17.6 Å². The first kappa shape index (κ1) is 12.4. The molecule has 3 heteroatoms. The molecule has 13 heavy (non-hydrogen) atoms. The molecular formula is C10H21NO2. The Bertz CT molecular complexity index is 176. The van der Waals surface area contributed by atoms with Crippen LogP contribution in [0.15, 0.2) is 0 Å². The van der Waals surface area contributed by atoms with Crippen molar-refractivity contribution in [2.45, 2.75) is 46.1 Å². The Morgan fingerprint density at radius 3 is 2.15 bits per heavy atom. The molecule has 0 aliphatic heterocycles. The van der Waals surface area contributed by atoms with Crippen molar-refractivity contribution in [2.75, 3.05) is 0 Å². The molecule has 0 aliphatic rings. The van der Waals surface area contributed by atoms with Crippen LogP contribution in [0, 0.1) is 11.8 Å². The van der Waals surface area contributed by atoms with Gasteiger partial charge in [0.15, 0.2) is 0 Å². The Morgan fingerprint density at radius 2 is 1.85 bits per heavy atom. The van der Waals surface area contributed by atoms with Crippen LogP contribution in [0.4, 0.5) is 0 Å². The van der Waals surface area contributed by atoms with Crippen LogP contribution >= 0.6 is 0 Å². The van der Waals surface area contributed by atoms with E-state index < -0.39 is 11.5 Å². The average molecular weight is 187 g/mol. The zero-order chi connectivity index (χ0) is 10.6. The molecule has 2 unspecified atom stereocenters. The second kappa shape index (κ2) is 4.61. The van der Waals surface area contributed by atoms with Gasteiger partial charge in [-0.15, -0.1) is 0 Å². The quantitative estimate of drug-likeness (QED) is 0.690. The first-order chi connectivity index (χ1) is 5.78. The van der Waals surface area contributed by atoms with E-state index in [0.29, 0.717) is 5.92 Å². The number of carboxylic acids is 1. The van der Waals surface area contributed by atoms with Gasteiger partial charge in [-0.2, -0.15) is 0 Å². The van der Waals surface area contributed by atoms with E-state index in [4.69, 9.17) is 10.8 Å². The Hall–Kier alpha value is -0.570. The van der Waals surface area contributed by atoms with Crippen LogP contribution in [0.3, 0.4) is 0 Å². The maximum Gasteiger partial charge on any atom is 0.323 e. The molecule has 0 spiro atoms. The van der Waals surface area contributed by atoms with Crippen LogP contribution in [0.1, 0.15) is 40.5 Å². The molecule has 3 nitrogen and oxygen atoms in total. The molecule has 0 radical (unpaired) electrons. The van der Waals surface area contributed by atoms with Crippen molar-refractivity contribution >= 4 is 5.97 Å². The predicted octanol–water partition coefficient (Wildman–Crippen LogP) is 1.86. The van der Waals surface area contributed by atoms with Crippen LogP contribution in [0.25, 0.3) is 0 Å². The number of rotatable bonds is 5. The summed E-state index contributed by atoms with van der Waals surface area (Å²) < 4.78 is 0. The molecule has 0 heterocycles. The third-order valence-corrected chi connectivity index (χ3v) is 2.66. The summed E-state index contributed by atoms with van der Waals surface area (Å²) in [6, 6.07) is 0. The maximum atomic E-state index is 10.8. The summed E-state index contributed by atoms with van der Waals surface area (Å²) in [6.45, 7) is 7.74. The van der Waals surface area contributed by atoms with Gasteiger partial charge in [0.2, 0.25) is 0 Å². The minimum Gasteiger partial charge on any atom is -0.480 e. The molecule has 0 aromatic heterocycles. The van der Waals surface area contributed by atoms with Crippen molar-refractivity contribution in [3.63, 3.8) is 0 Å². The van der Waals surface area contributed by atoms with Gasteiger partial charge in [-0.25, -0.2) is 0 Å². The summed E-state index contributed by atoms with van der Waals surface area (Å²) in [5, 5.41) is 8.85. The third kappa shape index (κ3) is 3.77. The van der Waals surface area contributed by atoms with Crippen molar-refractivity contribution in [3.05, 3.63) is 0 Å². The lowest BCUT2D eigenvalue weighted by molar-refractivity contribution is -0.144. The van der Waals surface area contributed by atoms with Gasteiger partial charge < -0.3 is 10.8 Å². The summed E-state index contributed by atoms with van der Waals surface area (Å²) in [5.74, 6) is -0.289. The van der Waals surface area contributed by atoms with Crippen molar-refractivity contribution in [1.82, 2.24) is 0 Å². The smallest absolute Gasteiger partial charge is 0.323 e. The number of hydrogen-bond donors (Lipinski definition) is 2. The lowest BCUT2D eigenvalue weighted by atomic mass is 9.83. The normalized spacial score (nSPS) is 18.3. The van der Waals surface area contributed by atoms with E-state index in [-0.39, 0.29) is 5.92 Å². The predicted molar refractivity (Wildman–Crippen MR) is 53.5 cm³/mol. The zero-order valence-corrected chi connectivity index (χ0v) is 9.00. The van der Waals surface area contributed by atoms with Gasteiger partial charge in [-0.05, 0) is 25.2 Å². The van der Waals surface area contributed by atoms with Gasteiger partial charge in [-0.3, -0.25) is 4.79 Å². The fourth-order valence-corrected chi connectivity index (χ4v) is 1.09. The van der Waals surface area contributed by atoms with Crippen molar-refractivity contribution in [3.8, 4) is 0 Å². The summed E-state index contributed by atoms with van der Waals surface area (Å²) in [4.78, 5) is 10.8. The summed E-state index contributed by atoms with van der Waals surface area (Å²) >= 11 is 0. The molecule has 0 bridgehead atoms. The topological polar surface area (TPSA) is 63.3 Å². The molecule has 0 fully saturated rings. The van der Waals surface area contributed by atoms with Crippen molar-refractivity contribution in [1.29, 1.82) is 0 Å². The highest BCUT2D eigenvalue weighted by Gasteiger charge is 2.34. The number of hydrogen-bond acceptors (Lipinski definition) is 2. The van der Waals surface area contributed by atoms with Gasteiger partial charge >= 0.3 is 5.97 Å². The van der Waals surface area contributed by atoms with E-state index in [1.165, 1.54) is 0 Å². The summed E-state index contributed by atoms with van der Waals surface area (Å²) in [5.41, 5.74) is 4.60. The second-order valence-electron chi connectivity index (χ2n) is 4.46. The standard InChI is InChI=1S/C10H21NO2/c1-7(2)5-6-8(3)10(4,11)9(12)13/h7-8H,5-6,11H2,1-4H3,(H,12,13). The number of aliphatic carboxylic acids is 1. The van der Waals surface area contributed by atoms with E-state index in [2.05, 4.69) is 13.8 Å².